The van der Waals surface area contributed by atoms with E-state index in [1.54, 1.807) is 12.1 Å². The molecule has 11 heteroatoms. The van der Waals surface area contributed by atoms with Gasteiger partial charge in [0.15, 0.2) is 0 Å². The second-order valence-corrected chi connectivity index (χ2v) is 8.87. The number of carbonyl (C=O) groups excluding carboxylic acids is 1. The molecular formula is C20H22F3N3O4S. The van der Waals surface area contributed by atoms with Gasteiger partial charge in [-0.25, -0.2) is 8.42 Å². The van der Waals surface area contributed by atoms with E-state index in [0.29, 0.717) is 19.6 Å². The number of rotatable bonds is 7. The van der Waals surface area contributed by atoms with E-state index in [-0.39, 0.29) is 30.3 Å². The second-order valence-electron chi connectivity index (χ2n) is 6.93. The Morgan fingerprint density at radius 3 is 2.16 bits per heavy atom. The maximum atomic E-state index is 12.7. The number of hydrogen-bond donors (Lipinski definition) is 1. The van der Waals surface area contributed by atoms with Crippen LogP contribution in [0.5, 0.6) is 5.75 Å². The van der Waals surface area contributed by atoms with Crippen LogP contribution in [0.2, 0.25) is 0 Å². The Morgan fingerprint density at radius 2 is 1.58 bits per heavy atom. The lowest BCUT2D eigenvalue weighted by Gasteiger charge is -2.33. The predicted octanol–water partition coefficient (Wildman–Crippen LogP) is 2.92. The molecule has 1 amide bonds. The van der Waals surface area contributed by atoms with Gasteiger partial charge in [0, 0.05) is 44.8 Å². The fourth-order valence-corrected chi connectivity index (χ4v) is 4.58. The molecule has 7 nitrogen and oxygen atoms in total. The lowest BCUT2D eigenvalue weighted by molar-refractivity contribution is -0.274. The van der Waals surface area contributed by atoms with E-state index in [0.717, 1.165) is 30.0 Å². The lowest BCUT2D eigenvalue weighted by atomic mass is 10.3. The maximum absolute atomic E-state index is 12.7. The van der Waals surface area contributed by atoms with Gasteiger partial charge in [-0.1, -0.05) is 18.2 Å². The van der Waals surface area contributed by atoms with E-state index in [1.165, 1.54) is 4.31 Å². The van der Waals surface area contributed by atoms with E-state index >= 15 is 0 Å². The summed E-state index contributed by atoms with van der Waals surface area (Å²) in [6, 6.07) is 13.2. The van der Waals surface area contributed by atoms with Gasteiger partial charge in [-0.3, -0.25) is 4.79 Å². The Hall–Kier alpha value is -2.63. The molecule has 1 fully saturated rings. The zero-order valence-corrected chi connectivity index (χ0v) is 17.3. The molecule has 2 aromatic carbocycles. The van der Waals surface area contributed by atoms with Crippen molar-refractivity contribution in [2.75, 3.05) is 38.0 Å². The van der Waals surface area contributed by atoms with Gasteiger partial charge in [-0.2, -0.15) is 4.31 Å². The Bertz CT molecular complexity index is 975. The quantitative estimate of drug-likeness (QED) is 0.692. The fraction of sp³-hybridized carbons (Fsp3) is 0.350. The van der Waals surface area contributed by atoms with E-state index in [9.17, 15) is 26.4 Å². The van der Waals surface area contributed by atoms with Crippen molar-refractivity contribution in [3.63, 3.8) is 0 Å². The molecule has 168 valence electrons. The summed E-state index contributed by atoms with van der Waals surface area (Å²) in [6.07, 6.45) is -4.56. The summed E-state index contributed by atoms with van der Waals surface area (Å²) in [6.45, 7) is 1.85. The SMILES string of the molecule is O=C(CCN1CCN(S(=O)(=O)c2ccc(OC(F)(F)F)cc2)CC1)Nc1ccccc1. The number of para-hydroxylation sites is 1. The van der Waals surface area contributed by atoms with Crippen molar-refractivity contribution >= 4 is 21.6 Å². The molecule has 1 aliphatic rings. The molecule has 0 saturated carbocycles. The molecule has 1 saturated heterocycles. The number of piperazine rings is 1. The zero-order valence-electron chi connectivity index (χ0n) is 16.5. The number of anilines is 1. The van der Waals surface area contributed by atoms with Crippen LogP contribution >= 0.6 is 0 Å². The number of halogens is 3. The monoisotopic (exact) mass is 457 g/mol. The number of ether oxygens (including phenoxy) is 1. The highest BCUT2D eigenvalue weighted by Gasteiger charge is 2.32. The third-order valence-corrected chi connectivity index (χ3v) is 6.65. The highest BCUT2D eigenvalue weighted by atomic mass is 32.2. The number of sulfonamides is 1. The standard InChI is InChI=1S/C20H22F3N3O4S/c21-20(22,23)30-17-6-8-18(9-7-17)31(28,29)26-14-12-25(13-15-26)11-10-19(27)24-16-4-2-1-3-5-16/h1-9H,10-15H2,(H,24,27). The Balaban J connectivity index is 1.48. The van der Waals surface area contributed by atoms with Gasteiger partial charge in [0.05, 0.1) is 4.90 Å². The van der Waals surface area contributed by atoms with E-state index in [1.807, 2.05) is 23.1 Å². The van der Waals surface area contributed by atoms with Crippen molar-refractivity contribution in [3.8, 4) is 5.75 Å². The van der Waals surface area contributed by atoms with E-state index in [4.69, 9.17) is 0 Å². The highest BCUT2D eigenvalue weighted by molar-refractivity contribution is 7.89. The normalized spacial score (nSPS) is 16.1. The van der Waals surface area contributed by atoms with Crippen molar-refractivity contribution in [2.45, 2.75) is 17.7 Å². The second kappa shape index (κ2) is 9.67. The number of alkyl halides is 3. The van der Waals surface area contributed by atoms with Crippen molar-refractivity contribution in [3.05, 3.63) is 54.6 Å². The smallest absolute Gasteiger partial charge is 0.406 e. The third-order valence-electron chi connectivity index (χ3n) is 4.74. The minimum atomic E-state index is -4.84. The first-order valence-corrected chi connectivity index (χ1v) is 11.0. The molecular weight excluding hydrogens is 435 g/mol. The Kier molecular flexibility index (Phi) is 7.19. The zero-order chi connectivity index (χ0) is 22.5. The number of carbonyl (C=O) groups is 1. The van der Waals surface area contributed by atoms with Crippen LogP contribution in [0, 0.1) is 0 Å². The van der Waals surface area contributed by atoms with Crippen molar-refractivity contribution in [1.29, 1.82) is 0 Å². The molecule has 0 radical (unpaired) electrons. The van der Waals surface area contributed by atoms with Gasteiger partial charge < -0.3 is 15.0 Å². The van der Waals surface area contributed by atoms with Crippen molar-refractivity contribution in [2.24, 2.45) is 0 Å². The van der Waals surface area contributed by atoms with Crippen molar-refractivity contribution < 1.29 is 31.1 Å². The van der Waals surface area contributed by atoms with Crippen LogP contribution in [0.4, 0.5) is 18.9 Å². The Morgan fingerprint density at radius 1 is 0.968 bits per heavy atom. The summed E-state index contributed by atoms with van der Waals surface area (Å²) in [7, 11) is -3.83. The molecule has 0 spiro atoms. The fourth-order valence-electron chi connectivity index (χ4n) is 3.16. The van der Waals surface area contributed by atoms with Gasteiger partial charge in [0.2, 0.25) is 15.9 Å². The molecule has 0 aliphatic carbocycles. The average molecular weight is 457 g/mol. The molecule has 1 aliphatic heterocycles. The molecule has 3 rings (SSSR count). The number of nitrogens with zero attached hydrogens (tertiary/aromatic N) is 2. The predicted molar refractivity (Wildman–Crippen MR) is 108 cm³/mol. The third kappa shape index (κ3) is 6.68. The van der Waals surface area contributed by atoms with Gasteiger partial charge in [0.25, 0.3) is 0 Å². The number of nitrogens with one attached hydrogen (secondary N) is 1. The van der Waals surface area contributed by atoms with Gasteiger partial charge in [0.1, 0.15) is 5.75 Å². The summed E-state index contributed by atoms with van der Waals surface area (Å²) < 4.78 is 67.3. The maximum Gasteiger partial charge on any atom is 0.573 e. The number of hydrogen-bond acceptors (Lipinski definition) is 5. The first kappa shape index (κ1) is 23.0. The molecule has 0 bridgehead atoms. The first-order valence-electron chi connectivity index (χ1n) is 9.57. The van der Waals surface area contributed by atoms with Gasteiger partial charge >= 0.3 is 6.36 Å². The van der Waals surface area contributed by atoms with Crippen LogP contribution < -0.4 is 10.1 Å². The summed E-state index contributed by atoms with van der Waals surface area (Å²) in [5.74, 6) is -0.604. The topological polar surface area (TPSA) is 79.0 Å². The largest absolute Gasteiger partial charge is 0.573 e. The van der Waals surface area contributed by atoms with E-state index < -0.39 is 22.1 Å². The molecule has 0 aromatic heterocycles. The van der Waals surface area contributed by atoms with Crippen LogP contribution in [0.1, 0.15) is 6.42 Å². The lowest BCUT2D eigenvalue weighted by Crippen LogP contribution is -2.49. The molecule has 31 heavy (non-hydrogen) atoms. The van der Waals surface area contributed by atoms with Crippen LogP contribution in [0.3, 0.4) is 0 Å². The summed E-state index contributed by atoms with van der Waals surface area (Å²) in [5.41, 5.74) is 0.718. The Labute approximate surface area is 178 Å². The first-order chi connectivity index (χ1) is 14.6. The van der Waals surface area contributed by atoms with E-state index in [2.05, 4.69) is 10.1 Å². The minimum absolute atomic E-state index is 0.0993. The summed E-state index contributed by atoms with van der Waals surface area (Å²) in [5, 5.41) is 2.80. The van der Waals surface area contributed by atoms with Crippen LogP contribution in [-0.4, -0.2) is 62.6 Å². The number of amides is 1. The van der Waals surface area contributed by atoms with Gasteiger partial charge in [-0.05, 0) is 36.4 Å². The summed E-state index contributed by atoms with van der Waals surface area (Å²) in [4.78, 5) is 14.0. The minimum Gasteiger partial charge on any atom is -0.406 e. The molecule has 1 N–H and O–H groups in total. The number of benzene rings is 2. The average Bonchev–Trinajstić information content (AvgIpc) is 2.72. The van der Waals surface area contributed by atoms with Crippen molar-refractivity contribution in [1.82, 2.24) is 9.21 Å². The molecule has 2 aromatic rings. The van der Waals surface area contributed by atoms with Crippen LogP contribution in [-0.2, 0) is 14.8 Å². The molecule has 0 atom stereocenters. The molecule has 1 heterocycles. The van der Waals surface area contributed by atoms with Crippen LogP contribution in [0.25, 0.3) is 0 Å². The molecule has 0 unspecified atom stereocenters. The van der Waals surface area contributed by atoms with Gasteiger partial charge in [-0.15, -0.1) is 13.2 Å². The summed E-state index contributed by atoms with van der Waals surface area (Å²) >= 11 is 0. The van der Waals surface area contributed by atoms with Crippen LogP contribution in [0.15, 0.2) is 59.5 Å². The highest BCUT2D eigenvalue weighted by Crippen LogP contribution is 2.25.